The van der Waals surface area contributed by atoms with Gasteiger partial charge in [0.15, 0.2) is 0 Å². The zero-order valence-electron chi connectivity index (χ0n) is 18.1. The van der Waals surface area contributed by atoms with Crippen LogP contribution >= 0.6 is 0 Å². The van der Waals surface area contributed by atoms with Gasteiger partial charge in [0.2, 0.25) is 0 Å². The van der Waals surface area contributed by atoms with E-state index in [0.29, 0.717) is 5.92 Å². The van der Waals surface area contributed by atoms with E-state index in [4.69, 9.17) is 5.11 Å². The zero-order valence-corrected chi connectivity index (χ0v) is 18.1. The van der Waals surface area contributed by atoms with Gasteiger partial charge < -0.3 is 25.4 Å². The lowest BCUT2D eigenvalue weighted by Gasteiger charge is -2.38. The largest absolute Gasteiger partial charge is 0.393 e. The molecule has 0 aromatic carbocycles. The molecule has 2 aromatic heterocycles. The van der Waals surface area contributed by atoms with E-state index in [1.165, 1.54) is 12.8 Å². The number of nitrogens with one attached hydrogen (secondary N) is 2. The lowest BCUT2D eigenvalue weighted by atomic mass is 9.83. The molecule has 0 radical (unpaired) electrons. The van der Waals surface area contributed by atoms with Crippen molar-refractivity contribution in [2.75, 3.05) is 31.1 Å². The summed E-state index contributed by atoms with van der Waals surface area (Å²) in [5.41, 5.74) is 0.302. The van der Waals surface area contributed by atoms with Gasteiger partial charge in [-0.3, -0.25) is 0 Å². The predicted octanol–water partition coefficient (Wildman–Crippen LogP) is 2.70. The number of fused-ring (bicyclic) bond motifs is 1. The molecule has 2 saturated heterocycles. The number of aliphatic hydroxyl groups excluding tert-OH is 1. The quantitative estimate of drug-likeness (QED) is 0.627. The van der Waals surface area contributed by atoms with Gasteiger partial charge in [-0.15, -0.1) is 0 Å². The second kappa shape index (κ2) is 9.87. The van der Waals surface area contributed by atoms with E-state index in [1.54, 1.807) is 6.33 Å². The Morgan fingerprint density at radius 2 is 1.86 bits per heavy atom. The molecule has 29 heavy (non-hydrogen) atoms. The Labute approximate surface area is 173 Å². The van der Waals surface area contributed by atoms with Crippen molar-refractivity contribution in [3.8, 4) is 0 Å². The van der Waals surface area contributed by atoms with E-state index in [0.717, 1.165) is 68.2 Å². The van der Waals surface area contributed by atoms with Gasteiger partial charge in [-0.2, -0.15) is 0 Å². The number of aromatic nitrogens is 3. The molecule has 4 rings (SSSR count). The monoisotopic (exact) mass is 403 g/mol. The van der Waals surface area contributed by atoms with Crippen LogP contribution in [0.4, 0.5) is 5.82 Å². The molecule has 7 heteroatoms. The summed E-state index contributed by atoms with van der Waals surface area (Å²) >= 11 is 0. The second-order valence-electron chi connectivity index (χ2n) is 9.13. The molecule has 2 fully saturated rings. The van der Waals surface area contributed by atoms with Crippen molar-refractivity contribution in [3.05, 3.63) is 18.6 Å². The molecule has 4 heterocycles. The van der Waals surface area contributed by atoms with Crippen LogP contribution < -0.4 is 10.2 Å². The molecular formula is C22H37N5O2. The van der Waals surface area contributed by atoms with Crippen LogP contribution in [0.25, 0.3) is 11.0 Å². The average molecular weight is 404 g/mol. The van der Waals surface area contributed by atoms with Crippen molar-refractivity contribution in [2.24, 2.45) is 11.8 Å². The van der Waals surface area contributed by atoms with E-state index in [9.17, 15) is 5.11 Å². The molecule has 162 valence electrons. The van der Waals surface area contributed by atoms with Crippen molar-refractivity contribution >= 4 is 16.9 Å². The van der Waals surface area contributed by atoms with E-state index < -0.39 is 5.60 Å². The summed E-state index contributed by atoms with van der Waals surface area (Å²) in [5, 5.41) is 23.6. The SMILES string of the molecule is CC(C)(O)C1CCN(c2ncnc3[nH]ccc23)CC1.CC(O)CC1CCNCC1. The number of hydrogen-bond donors (Lipinski definition) is 4. The lowest BCUT2D eigenvalue weighted by molar-refractivity contribution is 0.00648. The fraction of sp³-hybridized carbons (Fsp3) is 0.727. The maximum absolute atomic E-state index is 10.1. The van der Waals surface area contributed by atoms with Crippen LogP contribution in [0.3, 0.4) is 0 Å². The molecule has 7 nitrogen and oxygen atoms in total. The number of anilines is 1. The second-order valence-corrected chi connectivity index (χ2v) is 9.13. The van der Waals surface area contributed by atoms with E-state index in [2.05, 4.69) is 25.2 Å². The Hall–Kier alpha value is -1.70. The first-order chi connectivity index (χ1) is 13.8. The van der Waals surface area contributed by atoms with Crippen LogP contribution in [0, 0.1) is 11.8 Å². The number of rotatable bonds is 4. The van der Waals surface area contributed by atoms with Crippen molar-refractivity contribution in [2.45, 2.75) is 64.6 Å². The van der Waals surface area contributed by atoms with E-state index in [-0.39, 0.29) is 6.10 Å². The average Bonchev–Trinajstić information content (AvgIpc) is 3.17. The van der Waals surface area contributed by atoms with Gasteiger partial charge >= 0.3 is 0 Å². The minimum atomic E-state index is -0.582. The molecule has 1 atom stereocenters. The molecule has 2 aliphatic heterocycles. The summed E-state index contributed by atoms with van der Waals surface area (Å²) in [6, 6.07) is 2.02. The van der Waals surface area contributed by atoms with E-state index in [1.807, 2.05) is 33.0 Å². The molecular weight excluding hydrogens is 366 g/mol. The lowest BCUT2D eigenvalue weighted by Crippen LogP contribution is -2.42. The predicted molar refractivity (Wildman–Crippen MR) is 117 cm³/mol. The van der Waals surface area contributed by atoms with Crippen LogP contribution in [-0.2, 0) is 0 Å². The smallest absolute Gasteiger partial charge is 0.142 e. The maximum atomic E-state index is 10.1. The topological polar surface area (TPSA) is 97.3 Å². The number of hydrogen-bond acceptors (Lipinski definition) is 6. The molecule has 1 unspecified atom stereocenters. The Morgan fingerprint density at radius 1 is 1.17 bits per heavy atom. The summed E-state index contributed by atoms with van der Waals surface area (Å²) in [7, 11) is 0. The van der Waals surface area contributed by atoms with Crippen molar-refractivity contribution in [1.82, 2.24) is 20.3 Å². The summed E-state index contributed by atoms with van der Waals surface area (Å²) in [4.78, 5) is 14.0. The van der Waals surface area contributed by atoms with Crippen LogP contribution in [0.1, 0.15) is 52.9 Å². The number of H-pyrrole nitrogens is 1. The highest BCUT2D eigenvalue weighted by molar-refractivity contribution is 5.87. The van der Waals surface area contributed by atoms with Gasteiger partial charge in [0.05, 0.1) is 17.1 Å². The number of piperidine rings is 2. The normalized spacial score (nSPS) is 20.4. The molecule has 4 N–H and O–H groups in total. The highest BCUT2D eigenvalue weighted by atomic mass is 16.3. The standard InChI is InChI=1S/C14H20N4O.C8H17NO/c1-14(2,19)10-4-7-18(8-5-10)13-11-3-6-15-12(11)16-9-17-13;1-7(10)6-8-2-4-9-5-3-8/h3,6,9-10,19H,4-5,7-8H2,1-2H3,(H,15,16,17);7-10H,2-6H2,1H3. The molecule has 0 amide bonds. The summed E-state index contributed by atoms with van der Waals surface area (Å²) in [6.07, 6.45) is 8.86. The fourth-order valence-electron chi connectivity index (χ4n) is 4.51. The molecule has 2 aliphatic rings. The van der Waals surface area contributed by atoms with Crippen LogP contribution in [-0.4, -0.2) is 63.0 Å². The first-order valence-electron chi connectivity index (χ1n) is 11.0. The number of aliphatic hydroxyl groups is 2. The van der Waals surface area contributed by atoms with Gasteiger partial charge in [0.25, 0.3) is 0 Å². The Kier molecular flexibility index (Phi) is 7.49. The van der Waals surface area contributed by atoms with Crippen molar-refractivity contribution in [3.63, 3.8) is 0 Å². The first-order valence-corrected chi connectivity index (χ1v) is 11.0. The number of nitrogens with zero attached hydrogens (tertiary/aromatic N) is 3. The molecule has 0 spiro atoms. The van der Waals surface area contributed by atoms with Crippen LogP contribution in [0.5, 0.6) is 0 Å². The Morgan fingerprint density at radius 3 is 2.48 bits per heavy atom. The highest BCUT2D eigenvalue weighted by Crippen LogP contribution is 2.31. The van der Waals surface area contributed by atoms with Crippen LogP contribution in [0.2, 0.25) is 0 Å². The molecule has 2 aromatic rings. The molecule has 0 bridgehead atoms. The maximum Gasteiger partial charge on any atom is 0.142 e. The van der Waals surface area contributed by atoms with Gasteiger partial charge in [-0.1, -0.05) is 0 Å². The Balaban J connectivity index is 0.000000204. The molecule has 0 saturated carbocycles. The van der Waals surface area contributed by atoms with Gasteiger partial charge in [0, 0.05) is 19.3 Å². The summed E-state index contributed by atoms with van der Waals surface area (Å²) in [6.45, 7) is 9.83. The van der Waals surface area contributed by atoms with E-state index >= 15 is 0 Å². The van der Waals surface area contributed by atoms with Crippen LogP contribution in [0.15, 0.2) is 18.6 Å². The molecule has 0 aliphatic carbocycles. The third-order valence-corrected chi connectivity index (χ3v) is 6.26. The minimum absolute atomic E-state index is 0.108. The van der Waals surface area contributed by atoms with Gasteiger partial charge in [-0.25, -0.2) is 9.97 Å². The summed E-state index contributed by atoms with van der Waals surface area (Å²) in [5.74, 6) is 2.13. The third-order valence-electron chi connectivity index (χ3n) is 6.26. The minimum Gasteiger partial charge on any atom is -0.393 e. The Bertz CT molecular complexity index is 741. The zero-order chi connectivity index (χ0) is 20.9. The third kappa shape index (κ3) is 6.14. The highest BCUT2D eigenvalue weighted by Gasteiger charge is 2.31. The number of aromatic amines is 1. The van der Waals surface area contributed by atoms with Gasteiger partial charge in [-0.05, 0) is 83.9 Å². The summed E-state index contributed by atoms with van der Waals surface area (Å²) < 4.78 is 0. The first kappa shape index (κ1) is 22.0. The van der Waals surface area contributed by atoms with Gasteiger partial charge in [0.1, 0.15) is 17.8 Å². The fourth-order valence-corrected chi connectivity index (χ4v) is 4.51. The van der Waals surface area contributed by atoms with Crippen molar-refractivity contribution < 1.29 is 10.2 Å². The van der Waals surface area contributed by atoms with Crippen molar-refractivity contribution in [1.29, 1.82) is 0 Å².